The van der Waals surface area contributed by atoms with Gasteiger partial charge in [-0.15, -0.1) is 0 Å². The molecule has 0 atom stereocenters. The molecule has 1 amide bonds. The van der Waals surface area contributed by atoms with Crippen LogP contribution in [0.15, 0.2) is 18.2 Å². The van der Waals surface area contributed by atoms with Gasteiger partial charge in [-0.3, -0.25) is 14.7 Å². The summed E-state index contributed by atoms with van der Waals surface area (Å²) in [5.74, 6) is -4.59. The first-order valence-electron chi connectivity index (χ1n) is 11.7. The Hall–Kier alpha value is -2.94. The highest BCUT2D eigenvalue weighted by Gasteiger charge is 2.43. The number of morpholine rings is 1. The third-order valence-electron chi connectivity index (χ3n) is 6.09. The second-order valence-corrected chi connectivity index (χ2v) is 9.34. The van der Waals surface area contributed by atoms with Gasteiger partial charge < -0.3 is 19.8 Å². The number of carbonyl (C=O) groups excluding carboxylic acids is 1. The van der Waals surface area contributed by atoms with Gasteiger partial charge in [0.05, 0.1) is 11.3 Å². The maximum atomic E-state index is 12.1. The van der Waals surface area contributed by atoms with Gasteiger partial charge in [0.25, 0.3) is 0 Å². The minimum absolute atomic E-state index is 0.112. The minimum Gasteiger partial charge on any atom is -0.475 e. The molecule has 0 unspecified atom stereocenters. The molecule has 1 aliphatic carbocycles. The molecule has 1 saturated carbocycles. The molecule has 38 heavy (non-hydrogen) atoms. The second kappa shape index (κ2) is 12.7. The summed E-state index contributed by atoms with van der Waals surface area (Å²) in [7, 11) is 0. The molecule has 1 aromatic rings. The summed E-state index contributed by atoms with van der Waals surface area (Å²) in [6.45, 7) is 6.98. The van der Waals surface area contributed by atoms with Crippen molar-refractivity contribution in [2.24, 2.45) is 5.92 Å². The fourth-order valence-electron chi connectivity index (χ4n) is 3.90. The lowest BCUT2D eigenvalue weighted by Gasteiger charge is -2.47. The van der Waals surface area contributed by atoms with Gasteiger partial charge in [0.2, 0.25) is 5.91 Å². The number of carbonyl (C=O) groups is 3. The van der Waals surface area contributed by atoms with Crippen molar-refractivity contribution >= 4 is 17.8 Å². The molecule has 3 heterocycles. The van der Waals surface area contributed by atoms with Crippen LogP contribution in [0, 0.1) is 12.8 Å². The van der Waals surface area contributed by atoms with E-state index in [-0.39, 0.29) is 18.1 Å². The first kappa shape index (κ1) is 31.3. The Balaban J connectivity index is 0.000000301. The number of aromatic nitrogens is 1. The normalized spacial score (nSPS) is 19.7. The largest absolute Gasteiger partial charge is 0.490 e. The van der Waals surface area contributed by atoms with Crippen LogP contribution in [0.2, 0.25) is 0 Å². The lowest BCUT2D eigenvalue weighted by Crippen LogP contribution is -2.58. The third-order valence-corrected chi connectivity index (χ3v) is 6.09. The molecule has 3 aliphatic rings. The maximum absolute atomic E-state index is 12.1. The van der Waals surface area contributed by atoms with Crippen LogP contribution in [0.3, 0.4) is 0 Å². The number of halogens is 6. The molecule has 3 fully saturated rings. The zero-order valence-corrected chi connectivity index (χ0v) is 20.5. The van der Waals surface area contributed by atoms with Gasteiger partial charge >= 0.3 is 24.3 Å². The minimum atomic E-state index is -5.08. The van der Waals surface area contributed by atoms with Crippen molar-refractivity contribution in [2.45, 2.75) is 57.1 Å². The Morgan fingerprint density at radius 3 is 2.03 bits per heavy atom. The van der Waals surface area contributed by atoms with E-state index < -0.39 is 24.3 Å². The molecular formula is C23H29F6N3O6. The summed E-state index contributed by atoms with van der Waals surface area (Å²) in [5.41, 5.74) is 2.10. The van der Waals surface area contributed by atoms with E-state index in [9.17, 15) is 31.1 Å². The zero-order chi connectivity index (χ0) is 28.7. The number of rotatable bonds is 4. The number of ether oxygens (including phenoxy) is 1. The molecule has 15 heteroatoms. The van der Waals surface area contributed by atoms with Crippen LogP contribution in [0.5, 0.6) is 0 Å². The van der Waals surface area contributed by atoms with Gasteiger partial charge in [0.1, 0.15) is 6.61 Å². The molecule has 2 saturated heterocycles. The Morgan fingerprint density at radius 2 is 1.58 bits per heavy atom. The van der Waals surface area contributed by atoms with Gasteiger partial charge in [-0.2, -0.15) is 26.3 Å². The average Bonchev–Trinajstić information content (AvgIpc) is 3.62. The molecule has 4 rings (SSSR count). The number of pyridine rings is 1. The monoisotopic (exact) mass is 557 g/mol. The summed E-state index contributed by atoms with van der Waals surface area (Å²) in [6.07, 6.45) is -5.58. The van der Waals surface area contributed by atoms with E-state index in [2.05, 4.69) is 26.9 Å². The second-order valence-electron chi connectivity index (χ2n) is 9.34. The van der Waals surface area contributed by atoms with E-state index in [1.807, 2.05) is 13.0 Å². The molecule has 214 valence electrons. The predicted octanol–water partition coefficient (Wildman–Crippen LogP) is 3.26. The average molecular weight is 557 g/mol. The van der Waals surface area contributed by atoms with Crippen molar-refractivity contribution in [1.29, 1.82) is 0 Å². The number of carboxylic acid groups (broad SMARTS) is 2. The Kier molecular flexibility index (Phi) is 10.5. The fourth-order valence-corrected chi connectivity index (χ4v) is 3.90. The van der Waals surface area contributed by atoms with E-state index in [1.165, 1.54) is 12.8 Å². The topological polar surface area (TPSA) is 120 Å². The van der Waals surface area contributed by atoms with Crippen molar-refractivity contribution in [3.05, 3.63) is 29.6 Å². The highest BCUT2D eigenvalue weighted by atomic mass is 19.4. The number of hydrogen-bond acceptors (Lipinski definition) is 6. The first-order valence-corrected chi connectivity index (χ1v) is 11.7. The number of hydrogen-bond donors (Lipinski definition) is 2. The SMILES string of the molecule is Cc1cccc(CN2CCC3(CC2)CN(CC2CC2)C(=O)CO3)n1.O=C(O)C(F)(F)F.O=C(O)C(F)(F)F. The van der Waals surface area contributed by atoms with Gasteiger partial charge in [0.15, 0.2) is 0 Å². The van der Waals surface area contributed by atoms with Gasteiger partial charge in [-0.1, -0.05) is 6.07 Å². The van der Waals surface area contributed by atoms with E-state index in [4.69, 9.17) is 24.5 Å². The van der Waals surface area contributed by atoms with Crippen molar-refractivity contribution in [1.82, 2.24) is 14.8 Å². The molecule has 0 bridgehead atoms. The third kappa shape index (κ3) is 10.4. The maximum Gasteiger partial charge on any atom is 0.490 e. The summed E-state index contributed by atoms with van der Waals surface area (Å²) in [6, 6.07) is 6.22. The predicted molar refractivity (Wildman–Crippen MR) is 119 cm³/mol. The van der Waals surface area contributed by atoms with Crippen LogP contribution in [0.4, 0.5) is 26.3 Å². The molecule has 0 aromatic carbocycles. The Morgan fingerprint density at radius 1 is 1.05 bits per heavy atom. The number of aryl methyl sites for hydroxylation is 1. The van der Waals surface area contributed by atoms with Gasteiger partial charge in [0, 0.05) is 38.4 Å². The van der Waals surface area contributed by atoms with E-state index >= 15 is 0 Å². The van der Waals surface area contributed by atoms with Crippen molar-refractivity contribution in [3.63, 3.8) is 0 Å². The summed E-state index contributed by atoms with van der Waals surface area (Å²) >= 11 is 0. The van der Waals surface area contributed by atoms with Crippen LogP contribution >= 0.6 is 0 Å². The van der Waals surface area contributed by atoms with Crippen LogP contribution < -0.4 is 0 Å². The number of nitrogens with zero attached hydrogens (tertiary/aromatic N) is 3. The lowest BCUT2D eigenvalue weighted by molar-refractivity contribution is -0.193. The van der Waals surface area contributed by atoms with Crippen LogP contribution in [0.25, 0.3) is 0 Å². The molecule has 9 nitrogen and oxygen atoms in total. The standard InChI is InChI=1S/C19H27N3O2.2C2HF3O2/c1-15-3-2-4-17(20-15)12-21-9-7-19(8-10-21)14-22(11-16-5-6-16)18(23)13-24-19;2*3-2(4,5)1(6)7/h2-4,16H,5-14H2,1H3;2*(H,6,7). The fraction of sp³-hybridized carbons (Fsp3) is 0.652. The van der Waals surface area contributed by atoms with Gasteiger partial charge in [-0.25, -0.2) is 9.59 Å². The van der Waals surface area contributed by atoms with Crippen LogP contribution in [-0.2, 0) is 25.7 Å². The van der Waals surface area contributed by atoms with E-state index in [1.54, 1.807) is 0 Å². The summed E-state index contributed by atoms with van der Waals surface area (Å²) in [5, 5.41) is 14.2. The lowest BCUT2D eigenvalue weighted by atomic mass is 9.89. The van der Waals surface area contributed by atoms with Crippen molar-refractivity contribution in [2.75, 3.05) is 32.8 Å². The zero-order valence-electron chi connectivity index (χ0n) is 20.5. The number of piperidine rings is 1. The number of likely N-dealkylation sites (tertiary alicyclic amines) is 1. The Bertz CT molecular complexity index is 951. The molecule has 1 aromatic heterocycles. The number of alkyl halides is 6. The highest BCUT2D eigenvalue weighted by molar-refractivity contribution is 5.78. The van der Waals surface area contributed by atoms with Crippen molar-refractivity contribution < 1.29 is 55.7 Å². The smallest absolute Gasteiger partial charge is 0.475 e. The first-order chi connectivity index (χ1) is 17.5. The number of aliphatic carboxylic acids is 2. The van der Waals surface area contributed by atoms with Crippen molar-refractivity contribution in [3.8, 4) is 0 Å². The molecular weight excluding hydrogens is 528 g/mol. The van der Waals surface area contributed by atoms with Crippen LogP contribution in [-0.4, -0.2) is 93.6 Å². The molecule has 1 spiro atoms. The summed E-state index contributed by atoms with van der Waals surface area (Å²) in [4.78, 5) is 39.0. The number of amides is 1. The quantitative estimate of drug-likeness (QED) is 0.542. The Labute approximate surface area is 214 Å². The van der Waals surface area contributed by atoms with E-state index in [0.29, 0.717) is 0 Å². The molecule has 2 aliphatic heterocycles. The van der Waals surface area contributed by atoms with Gasteiger partial charge in [-0.05, 0) is 50.7 Å². The number of carboxylic acids is 2. The highest BCUT2D eigenvalue weighted by Crippen LogP contribution is 2.35. The summed E-state index contributed by atoms with van der Waals surface area (Å²) < 4.78 is 69.5. The van der Waals surface area contributed by atoms with E-state index in [0.717, 1.165) is 62.9 Å². The molecule has 0 radical (unpaired) electrons. The molecule has 2 N–H and O–H groups in total. The van der Waals surface area contributed by atoms with Crippen LogP contribution in [0.1, 0.15) is 37.1 Å².